The molecule has 0 saturated carbocycles. The lowest BCUT2D eigenvalue weighted by atomic mass is 9.89. The number of amides is 2. The van der Waals surface area contributed by atoms with E-state index in [1.807, 2.05) is 0 Å². The second kappa shape index (κ2) is 20.6. The molecule has 2 fully saturated rings. The molecule has 0 bridgehead atoms. The average molecular weight is 1070 g/mol. The van der Waals surface area contributed by atoms with Gasteiger partial charge < -0.3 is 87.6 Å². The molecule has 24 heteroatoms. The molecule has 2 aliphatic rings. The molecule has 9 rings (SSSR count). The molecule has 0 aliphatic carbocycles. The number of aliphatic hydroxyl groups excluding tert-OH is 1. The van der Waals surface area contributed by atoms with Crippen LogP contribution in [0.3, 0.4) is 0 Å². The Bertz CT molecular complexity index is 3570. The molecule has 406 valence electrons. The van der Waals surface area contributed by atoms with Crippen LogP contribution in [0.15, 0.2) is 85.3 Å². The number of fused-ring (bicyclic) bond motifs is 2. The van der Waals surface area contributed by atoms with Crippen LogP contribution < -0.4 is 31.4 Å². The number of aromatic amines is 3. The highest BCUT2D eigenvalue weighted by Crippen LogP contribution is 2.39. The van der Waals surface area contributed by atoms with Crippen LogP contribution in [0.2, 0.25) is 0 Å². The van der Waals surface area contributed by atoms with Gasteiger partial charge in [0.2, 0.25) is 12.6 Å². The van der Waals surface area contributed by atoms with E-state index in [1.165, 1.54) is 63.6 Å². The number of benzene rings is 2. The Morgan fingerprint density at radius 3 is 1.87 bits per heavy atom. The molecule has 2 amide bonds. The summed E-state index contributed by atoms with van der Waals surface area (Å²) in [6.45, 7) is 11.8. The number of nitrogens with one attached hydrogen (secondary N) is 5. The van der Waals surface area contributed by atoms with E-state index < -0.39 is 112 Å². The normalized spacial score (nSPS) is 21.8. The van der Waals surface area contributed by atoms with Gasteiger partial charge in [-0.2, -0.15) is 0 Å². The lowest BCUT2D eigenvalue weighted by Crippen LogP contribution is -2.65. The summed E-state index contributed by atoms with van der Waals surface area (Å²) in [6, 6.07) is 14.7. The van der Waals surface area contributed by atoms with E-state index in [9.17, 15) is 44.1 Å². The fourth-order valence-corrected chi connectivity index (χ4v) is 9.58. The number of esters is 2. The van der Waals surface area contributed by atoms with Gasteiger partial charge in [-0.05, 0) is 109 Å². The van der Waals surface area contributed by atoms with Gasteiger partial charge >= 0.3 is 23.2 Å². The summed E-state index contributed by atoms with van der Waals surface area (Å²) in [4.78, 5) is 88.4. The first kappa shape index (κ1) is 53.4. The number of aryl methyl sites for hydroxylation is 2. The van der Waals surface area contributed by atoms with Gasteiger partial charge in [0.25, 0.3) is 11.8 Å². The van der Waals surface area contributed by atoms with Crippen molar-refractivity contribution in [1.29, 1.82) is 0 Å². The van der Waals surface area contributed by atoms with Crippen molar-refractivity contribution < 1.29 is 81.2 Å². The zero-order valence-electron chi connectivity index (χ0n) is 43.0. The largest absolute Gasteiger partial charge is 0.505 e. The Balaban J connectivity index is 0.877. The van der Waals surface area contributed by atoms with Crippen molar-refractivity contribution in [2.24, 2.45) is 0 Å². The van der Waals surface area contributed by atoms with Gasteiger partial charge in [-0.1, -0.05) is 0 Å². The van der Waals surface area contributed by atoms with E-state index in [4.69, 9.17) is 46.7 Å². The maximum Gasteiger partial charge on any atom is 0.364 e. The number of methoxy groups -OCH3 is 2. The summed E-state index contributed by atoms with van der Waals surface area (Å²) >= 11 is 0. The van der Waals surface area contributed by atoms with Crippen LogP contribution in [0.25, 0.3) is 21.9 Å². The molecular weight excluding hydrogens is 1010 g/mol. The molecule has 2 aromatic carbocycles. The summed E-state index contributed by atoms with van der Waals surface area (Å²) in [5.74, 6) is -4.49. The van der Waals surface area contributed by atoms with Gasteiger partial charge in [-0.3, -0.25) is 9.59 Å². The van der Waals surface area contributed by atoms with Crippen molar-refractivity contribution in [1.82, 2.24) is 15.0 Å². The molecule has 2 aliphatic heterocycles. The third-order valence-electron chi connectivity index (χ3n) is 13.3. The smallest absolute Gasteiger partial charge is 0.364 e. The van der Waals surface area contributed by atoms with Crippen molar-refractivity contribution in [2.45, 2.75) is 109 Å². The number of hydrogen-bond acceptors (Lipinski definition) is 19. The summed E-state index contributed by atoms with van der Waals surface area (Å²) in [6.07, 6.45) is -6.48. The standard InChI is InChI=1S/C53H55N5O19/c1-22-10-15-30(55-22)47(64)74-34-20-35(76-52(4,5)43(34)68-8)70-26-12-14-27-33(19-26)73-50(67)37(39(27)59)58-46(63)36-24(3)29(21-54-36)45(62)57-38-40(60)28-18-25(13-17-32(28)72-49(38)66)71-51-41(61)42(44(69-9)53(6,7)77-51)75-48(65)31-16-11-23(2)56-31/h10-19,21,34-35,41-44,51,54-56,59-61H,20H2,1-9H3,(H,57,62)(H,58,63)/t34?,35-,41?,42?,43-,44-,51+/m1/s1. The average Bonchev–Trinajstić information content (AvgIpc) is 4.13. The number of rotatable bonds is 14. The van der Waals surface area contributed by atoms with Crippen LogP contribution in [-0.4, -0.2) is 123 Å². The number of carbonyl (C=O) groups excluding carboxylic acids is 4. The number of ether oxygens (including phenoxy) is 8. The summed E-state index contributed by atoms with van der Waals surface area (Å²) in [5.41, 5.74) is -4.43. The molecule has 8 N–H and O–H groups in total. The van der Waals surface area contributed by atoms with Crippen molar-refractivity contribution >= 4 is 57.1 Å². The number of carbonyl (C=O) groups is 4. The van der Waals surface area contributed by atoms with Crippen molar-refractivity contribution in [3.8, 4) is 23.0 Å². The summed E-state index contributed by atoms with van der Waals surface area (Å²) < 4.78 is 58.2. The molecule has 5 aromatic heterocycles. The molecule has 7 aromatic rings. The van der Waals surface area contributed by atoms with E-state index in [2.05, 4.69) is 25.6 Å². The van der Waals surface area contributed by atoms with Crippen LogP contribution in [-0.2, 0) is 28.4 Å². The number of aromatic nitrogens is 3. The highest BCUT2D eigenvalue weighted by molar-refractivity contribution is 6.11. The second-order valence-electron chi connectivity index (χ2n) is 19.6. The monoisotopic (exact) mass is 1070 g/mol. The number of aliphatic hydroxyl groups is 1. The van der Waals surface area contributed by atoms with Crippen LogP contribution in [0.1, 0.15) is 92.9 Å². The van der Waals surface area contributed by atoms with Crippen molar-refractivity contribution in [3.63, 3.8) is 0 Å². The minimum atomic E-state index is -1.60. The lowest BCUT2D eigenvalue weighted by molar-refractivity contribution is -0.305. The zero-order valence-corrected chi connectivity index (χ0v) is 43.0. The quantitative estimate of drug-likeness (QED) is 0.0458. The topological polar surface area (TPSA) is 335 Å². The van der Waals surface area contributed by atoms with Gasteiger partial charge in [-0.15, -0.1) is 0 Å². The Morgan fingerprint density at radius 1 is 0.675 bits per heavy atom. The van der Waals surface area contributed by atoms with Crippen LogP contribution >= 0.6 is 0 Å². The molecule has 3 unspecified atom stereocenters. The maximum atomic E-state index is 13.7. The van der Waals surface area contributed by atoms with E-state index >= 15 is 0 Å². The van der Waals surface area contributed by atoms with Gasteiger partial charge in [0.05, 0.1) is 27.5 Å². The molecule has 7 atom stereocenters. The predicted molar refractivity (Wildman–Crippen MR) is 271 cm³/mol. The van der Waals surface area contributed by atoms with Gasteiger partial charge in [0.15, 0.2) is 35.1 Å². The van der Waals surface area contributed by atoms with E-state index in [0.29, 0.717) is 5.69 Å². The third-order valence-corrected chi connectivity index (χ3v) is 13.3. The Kier molecular flexibility index (Phi) is 14.3. The van der Waals surface area contributed by atoms with Crippen LogP contribution in [0, 0.1) is 20.8 Å². The zero-order chi connectivity index (χ0) is 55.4. The summed E-state index contributed by atoms with van der Waals surface area (Å²) in [7, 11) is 2.85. The van der Waals surface area contributed by atoms with Crippen LogP contribution in [0.5, 0.6) is 23.0 Å². The Morgan fingerprint density at radius 2 is 1.25 bits per heavy atom. The van der Waals surface area contributed by atoms with Crippen LogP contribution in [0.4, 0.5) is 11.4 Å². The highest BCUT2D eigenvalue weighted by Gasteiger charge is 2.53. The van der Waals surface area contributed by atoms with E-state index in [0.717, 1.165) is 11.9 Å². The first-order valence-electron chi connectivity index (χ1n) is 24.0. The van der Waals surface area contributed by atoms with E-state index in [1.54, 1.807) is 59.7 Å². The maximum absolute atomic E-state index is 13.7. The number of aromatic hydroxyl groups is 2. The molecule has 24 nitrogen and oxygen atoms in total. The number of anilines is 2. The SMILES string of the molecule is CO[C@@H]1C(OC(=O)c2ccc(C)[nH]2)C[C@H](Oc2ccc3c(O)c(NC(=O)c4[nH]cc(C(=O)Nc5c(O)c6cc(O[C@H]7OC(C)(C)[C@H](OC)C(OC(=O)c8ccc(C)[nH]8)C7O)ccc6oc5=O)c4C)c(=O)oc3c2)OC1(C)C. The predicted octanol–water partition coefficient (Wildman–Crippen LogP) is 5.98. The third kappa shape index (κ3) is 10.5. The molecule has 77 heavy (non-hydrogen) atoms. The molecular formula is C53H55N5O19. The van der Waals surface area contributed by atoms with Crippen molar-refractivity contribution in [2.75, 3.05) is 24.9 Å². The molecule has 2 saturated heterocycles. The first-order chi connectivity index (χ1) is 36.5. The van der Waals surface area contributed by atoms with Gasteiger partial charge in [0.1, 0.15) is 58.1 Å². The Labute approximate surface area is 436 Å². The first-order valence-corrected chi connectivity index (χ1v) is 24.0. The highest BCUT2D eigenvalue weighted by atomic mass is 16.7. The lowest BCUT2D eigenvalue weighted by Gasteiger charge is -2.47. The fourth-order valence-electron chi connectivity index (χ4n) is 9.58. The second-order valence-corrected chi connectivity index (χ2v) is 19.6. The molecule has 0 radical (unpaired) electrons. The van der Waals surface area contributed by atoms with E-state index in [-0.39, 0.29) is 68.1 Å². The summed E-state index contributed by atoms with van der Waals surface area (Å²) in [5, 5.41) is 38.7. The minimum Gasteiger partial charge on any atom is -0.505 e. The van der Waals surface area contributed by atoms with Gasteiger partial charge in [0, 0.05) is 44.3 Å². The Hall–Kier alpha value is -8.42. The number of hydrogen-bond donors (Lipinski definition) is 8. The number of H-pyrrole nitrogens is 3. The fraction of sp³-hybridized carbons (Fsp3) is 0.358. The van der Waals surface area contributed by atoms with Crippen molar-refractivity contribution in [3.05, 3.63) is 127 Å². The van der Waals surface area contributed by atoms with Gasteiger partial charge in [-0.25, -0.2) is 19.2 Å². The minimum absolute atomic E-state index is 0.00280. The molecule has 7 heterocycles. The molecule has 0 spiro atoms.